The molecule has 2 N–H and O–H groups in total. The van der Waals surface area contributed by atoms with E-state index in [1.165, 1.54) is 16.4 Å². The van der Waals surface area contributed by atoms with Crippen molar-refractivity contribution in [2.24, 2.45) is 4.99 Å². The molecule has 198 valence electrons. The molecule has 0 radical (unpaired) electrons. The molecule has 1 fully saturated rings. The van der Waals surface area contributed by atoms with Gasteiger partial charge in [0.25, 0.3) is 5.91 Å². The smallest absolute Gasteiger partial charge is 0.416 e. The number of carboxylic acids is 1. The number of carbonyl (C=O) groups is 2. The van der Waals surface area contributed by atoms with E-state index in [9.17, 15) is 35.6 Å². The monoisotopic (exact) mass is 541 g/mol. The summed E-state index contributed by atoms with van der Waals surface area (Å²) in [6.07, 6.45) is -4.51. The Morgan fingerprint density at radius 1 is 1.19 bits per heavy atom. The Labute approximate surface area is 210 Å². The van der Waals surface area contributed by atoms with Gasteiger partial charge in [0, 0.05) is 18.7 Å². The molecule has 0 unspecified atom stereocenters. The first kappa shape index (κ1) is 26.7. The Morgan fingerprint density at radius 3 is 2.49 bits per heavy atom. The van der Waals surface area contributed by atoms with Gasteiger partial charge in [0.2, 0.25) is 10.0 Å². The van der Waals surface area contributed by atoms with Crippen LogP contribution in [0.15, 0.2) is 41.4 Å². The predicted molar refractivity (Wildman–Crippen MR) is 125 cm³/mol. The van der Waals surface area contributed by atoms with Crippen LogP contribution in [0.3, 0.4) is 0 Å². The Kier molecular flexibility index (Phi) is 6.88. The van der Waals surface area contributed by atoms with Crippen molar-refractivity contribution < 1.29 is 40.7 Å². The van der Waals surface area contributed by atoms with E-state index < -0.39 is 50.6 Å². The third kappa shape index (κ3) is 5.37. The van der Waals surface area contributed by atoms with Crippen molar-refractivity contribution in [3.05, 3.63) is 70.0 Å². The summed E-state index contributed by atoms with van der Waals surface area (Å²) in [4.78, 5) is 28.2. The summed E-state index contributed by atoms with van der Waals surface area (Å²) in [5, 5.41) is 11.5. The average Bonchev–Trinajstić information content (AvgIpc) is 3.14. The Morgan fingerprint density at radius 2 is 1.86 bits per heavy atom. The van der Waals surface area contributed by atoms with Crippen LogP contribution in [0.5, 0.6) is 0 Å². The summed E-state index contributed by atoms with van der Waals surface area (Å²) in [6, 6.07) is 6.60. The lowest BCUT2D eigenvalue weighted by molar-refractivity contribution is -0.137. The molecule has 13 heteroatoms. The van der Waals surface area contributed by atoms with Gasteiger partial charge in [0.05, 0.1) is 16.9 Å². The number of amides is 1. The lowest BCUT2D eigenvalue weighted by atomic mass is 9.89. The van der Waals surface area contributed by atoms with Crippen LogP contribution >= 0.6 is 0 Å². The number of sulfonamides is 1. The van der Waals surface area contributed by atoms with E-state index in [2.05, 4.69) is 10.3 Å². The molecule has 0 saturated carbocycles. The number of nitrogens with zero attached hydrogens (tertiary/aromatic N) is 2. The number of carbonyl (C=O) groups excluding carboxylic acids is 1. The molecule has 1 amide bonds. The minimum Gasteiger partial charge on any atom is -0.478 e. The first-order chi connectivity index (χ1) is 17.2. The van der Waals surface area contributed by atoms with Crippen LogP contribution in [0.4, 0.5) is 17.6 Å². The van der Waals surface area contributed by atoms with Crippen molar-refractivity contribution >= 4 is 27.7 Å². The molecule has 0 aromatic heterocycles. The number of hydrogen-bond donors (Lipinski definition) is 2. The fourth-order valence-electron chi connectivity index (χ4n) is 4.49. The summed E-state index contributed by atoms with van der Waals surface area (Å²) in [5.74, 6) is -3.21. The fraction of sp³-hybridized carbons (Fsp3) is 0.375. The quantitative estimate of drug-likeness (QED) is 0.546. The second-order valence-corrected chi connectivity index (χ2v) is 11.1. The summed E-state index contributed by atoms with van der Waals surface area (Å²) in [5.41, 5.74) is -1.73. The number of aryl methyl sites for hydroxylation is 2. The number of halogens is 4. The minimum atomic E-state index is -4.56. The molecule has 2 heterocycles. The maximum absolute atomic E-state index is 14.0. The Bertz CT molecular complexity index is 1400. The summed E-state index contributed by atoms with van der Waals surface area (Å²) in [7, 11) is -3.80. The number of hydrogen-bond acceptors (Lipinski definition) is 5. The molecule has 0 aliphatic carbocycles. The maximum atomic E-state index is 14.0. The van der Waals surface area contributed by atoms with E-state index in [0.29, 0.717) is 11.1 Å². The van der Waals surface area contributed by atoms with Crippen molar-refractivity contribution in [2.45, 2.75) is 37.9 Å². The van der Waals surface area contributed by atoms with Gasteiger partial charge in [-0.25, -0.2) is 21.9 Å². The third-order valence-electron chi connectivity index (χ3n) is 6.67. The number of piperidine rings is 1. The molecule has 4 rings (SSSR count). The summed E-state index contributed by atoms with van der Waals surface area (Å²) < 4.78 is 80.3. The van der Waals surface area contributed by atoms with Gasteiger partial charge in [0.15, 0.2) is 0 Å². The van der Waals surface area contributed by atoms with Crippen LogP contribution in [-0.4, -0.2) is 59.9 Å². The van der Waals surface area contributed by atoms with E-state index >= 15 is 0 Å². The number of nitrogens with one attached hydrogen (secondary N) is 1. The number of amidine groups is 1. The van der Waals surface area contributed by atoms with Crippen LogP contribution in [0.1, 0.15) is 45.5 Å². The van der Waals surface area contributed by atoms with E-state index in [1.807, 2.05) is 0 Å². The predicted octanol–water partition coefficient (Wildman–Crippen LogP) is 3.13. The first-order valence-corrected chi connectivity index (χ1v) is 12.9. The van der Waals surface area contributed by atoms with Gasteiger partial charge in [-0.15, -0.1) is 0 Å². The van der Waals surface area contributed by atoms with Gasteiger partial charge >= 0.3 is 12.1 Å². The molecule has 1 saturated heterocycles. The lowest BCUT2D eigenvalue weighted by Gasteiger charge is -2.34. The first-order valence-electron chi connectivity index (χ1n) is 11.3. The number of benzene rings is 2. The Balaban J connectivity index is 1.44. The molecule has 2 aliphatic rings. The summed E-state index contributed by atoms with van der Waals surface area (Å²) >= 11 is 0. The highest BCUT2D eigenvalue weighted by Crippen LogP contribution is 2.34. The normalized spacial score (nSPS) is 18.1. The van der Waals surface area contributed by atoms with E-state index in [-0.39, 0.29) is 49.5 Å². The van der Waals surface area contributed by atoms with Crippen LogP contribution in [0.25, 0.3) is 0 Å². The molecular formula is C24H23F4N3O5S. The van der Waals surface area contributed by atoms with Crippen LogP contribution in [-0.2, 0) is 27.4 Å². The molecule has 1 spiro atoms. The van der Waals surface area contributed by atoms with Crippen LogP contribution in [0, 0.1) is 12.7 Å². The Hall–Kier alpha value is -3.32. The molecule has 0 atom stereocenters. The molecule has 0 bridgehead atoms. The minimum absolute atomic E-state index is 0.00900. The zero-order valence-corrected chi connectivity index (χ0v) is 20.4. The van der Waals surface area contributed by atoms with Gasteiger partial charge in [0.1, 0.15) is 17.2 Å². The molecule has 2 aromatic carbocycles. The van der Waals surface area contributed by atoms with Crippen molar-refractivity contribution in [1.82, 2.24) is 9.62 Å². The number of aromatic carboxylic acids is 1. The van der Waals surface area contributed by atoms with Crippen molar-refractivity contribution in [3.8, 4) is 0 Å². The number of alkyl halides is 3. The largest absolute Gasteiger partial charge is 0.478 e. The zero-order chi connectivity index (χ0) is 27.2. The van der Waals surface area contributed by atoms with Gasteiger partial charge in [-0.05, 0) is 61.6 Å². The van der Waals surface area contributed by atoms with Crippen molar-refractivity contribution in [1.29, 1.82) is 0 Å². The van der Waals surface area contributed by atoms with Gasteiger partial charge in [-0.3, -0.25) is 9.79 Å². The van der Waals surface area contributed by atoms with Gasteiger partial charge in [-0.1, -0.05) is 12.1 Å². The molecule has 2 aromatic rings. The van der Waals surface area contributed by atoms with Crippen molar-refractivity contribution in [3.63, 3.8) is 0 Å². The summed E-state index contributed by atoms with van der Waals surface area (Å²) in [6.45, 7) is 1.51. The van der Waals surface area contributed by atoms with E-state index in [0.717, 1.165) is 24.3 Å². The van der Waals surface area contributed by atoms with Crippen LogP contribution < -0.4 is 5.32 Å². The molecular weight excluding hydrogens is 518 g/mol. The van der Waals surface area contributed by atoms with Crippen LogP contribution in [0.2, 0.25) is 0 Å². The zero-order valence-electron chi connectivity index (χ0n) is 19.6. The number of aliphatic imine (C=N–C) groups is 1. The second-order valence-electron chi connectivity index (χ2n) is 9.05. The number of rotatable bonds is 6. The van der Waals surface area contributed by atoms with Gasteiger partial charge in [-0.2, -0.15) is 13.2 Å². The lowest BCUT2D eigenvalue weighted by Crippen LogP contribution is -2.50. The highest BCUT2D eigenvalue weighted by Gasteiger charge is 2.47. The standard InChI is InChI=1S/C24H23F4N3O5S/c1-14-11-18(21(32)33)19(25)13-15(14)5-10-37(35,36)31-8-6-23(7-9-31)22(34)29-20(30-23)16-3-2-4-17(12-16)24(26,27)28/h2-4,11-13H,5-10H2,1H3,(H,32,33)(H,29,30,34). The average molecular weight is 542 g/mol. The third-order valence-corrected chi connectivity index (χ3v) is 8.54. The highest BCUT2D eigenvalue weighted by molar-refractivity contribution is 7.89. The van der Waals surface area contributed by atoms with E-state index in [4.69, 9.17) is 5.11 Å². The molecule has 8 nitrogen and oxygen atoms in total. The second kappa shape index (κ2) is 9.53. The van der Waals surface area contributed by atoms with Gasteiger partial charge < -0.3 is 10.4 Å². The van der Waals surface area contributed by atoms with E-state index in [1.54, 1.807) is 6.92 Å². The molecule has 2 aliphatic heterocycles. The maximum Gasteiger partial charge on any atom is 0.416 e. The fourth-order valence-corrected chi connectivity index (χ4v) is 5.97. The topological polar surface area (TPSA) is 116 Å². The molecule has 37 heavy (non-hydrogen) atoms. The van der Waals surface area contributed by atoms with Crippen molar-refractivity contribution in [2.75, 3.05) is 18.8 Å². The SMILES string of the molecule is Cc1cc(C(=O)O)c(F)cc1CCS(=O)(=O)N1CCC2(CC1)N=C(c1cccc(C(F)(F)F)c1)NC2=O. The number of carboxylic acid groups (broad SMARTS) is 1. The highest BCUT2D eigenvalue weighted by atomic mass is 32.2.